The molecule has 4 rings (SSSR count). The maximum Gasteiger partial charge on any atom is 0.163 e. The van der Waals surface area contributed by atoms with Gasteiger partial charge in [0.05, 0.1) is 16.6 Å². The minimum Gasteiger partial charge on any atom is -0.486 e. The molecule has 20 heavy (non-hydrogen) atoms. The lowest BCUT2D eigenvalue weighted by molar-refractivity contribution is 0.172. The van der Waals surface area contributed by atoms with E-state index in [2.05, 4.69) is 4.98 Å². The van der Waals surface area contributed by atoms with E-state index in [0.29, 0.717) is 13.2 Å². The van der Waals surface area contributed by atoms with Gasteiger partial charge in [0.15, 0.2) is 11.5 Å². The predicted molar refractivity (Wildman–Crippen MR) is 76.0 cm³/mol. The summed E-state index contributed by atoms with van der Waals surface area (Å²) in [5.74, 6) is 2.46. The molecule has 0 spiro atoms. The molecule has 0 radical (unpaired) electrons. The Balaban J connectivity index is 1.78. The first-order valence-electron chi connectivity index (χ1n) is 7.33. The van der Waals surface area contributed by atoms with Crippen LogP contribution >= 0.6 is 0 Å². The van der Waals surface area contributed by atoms with Crippen LogP contribution in [0.25, 0.3) is 11.0 Å². The van der Waals surface area contributed by atoms with Gasteiger partial charge in [0.1, 0.15) is 19.0 Å². The zero-order chi connectivity index (χ0) is 13.6. The van der Waals surface area contributed by atoms with E-state index in [4.69, 9.17) is 20.2 Å². The molecule has 5 heteroatoms. The van der Waals surface area contributed by atoms with Crippen LogP contribution in [0.3, 0.4) is 0 Å². The quantitative estimate of drug-likeness (QED) is 0.837. The number of ether oxygens (including phenoxy) is 2. The first-order valence-corrected chi connectivity index (χ1v) is 7.33. The second-order valence-corrected chi connectivity index (χ2v) is 5.82. The third kappa shape index (κ3) is 1.85. The zero-order valence-electron chi connectivity index (χ0n) is 11.4. The maximum atomic E-state index is 6.54. The average Bonchev–Trinajstić information content (AvgIpc) is 2.89. The van der Waals surface area contributed by atoms with Crippen LogP contribution in [0, 0.1) is 0 Å². The van der Waals surface area contributed by atoms with E-state index in [-0.39, 0.29) is 5.54 Å². The Kier molecular flexibility index (Phi) is 2.63. The van der Waals surface area contributed by atoms with E-state index in [9.17, 15) is 0 Å². The summed E-state index contributed by atoms with van der Waals surface area (Å²) in [6.45, 7) is 1.19. The standard InChI is InChI=1S/C15H19N3O2/c16-15(4-2-1-3-5-15)14-17-10-8-12-13(9-11(10)18-14)20-7-6-19-12/h8-9H,1-7,16H2,(H,17,18). The molecule has 1 aliphatic carbocycles. The second-order valence-electron chi connectivity index (χ2n) is 5.82. The van der Waals surface area contributed by atoms with E-state index in [1.807, 2.05) is 12.1 Å². The van der Waals surface area contributed by atoms with Crippen molar-refractivity contribution in [2.75, 3.05) is 13.2 Å². The van der Waals surface area contributed by atoms with Crippen LogP contribution in [-0.4, -0.2) is 23.2 Å². The summed E-state index contributed by atoms with van der Waals surface area (Å²) >= 11 is 0. The summed E-state index contributed by atoms with van der Waals surface area (Å²) in [6.07, 6.45) is 5.63. The van der Waals surface area contributed by atoms with Gasteiger partial charge < -0.3 is 20.2 Å². The average molecular weight is 273 g/mol. The Hall–Kier alpha value is -1.75. The van der Waals surface area contributed by atoms with Crippen LogP contribution in [0.2, 0.25) is 0 Å². The number of nitrogens with zero attached hydrogens (tertiary/aromatic N) is 1. The van der Waals surface area contributed by atoms with Crippen molar-refractivity contribution >= 4 is 11.0 Å². The van der Waals surface area contributed by atoms with E-state index < -0.39 is 0 Å². The van der Waals surface area contributed by atoms with Gasteiger partial charge in [-0.25, -0.2) is 4.98 Å². The number of hydrogen-bond acceptors (Lipinski definition) is 4. The molecule has 0 bridgehead atoms. The number of hydrogen-bond donors (Lipinski definition) is 2. The van der Waals surface area contributed by atoms with Gasteiger partial charge in [-0.05, 0) is 12.8 Å². The van der Waals surface area contributed by atoms with Gasteiger partial charge in [-0.1, -0.05) is 19.3 Å². The van der Waals surface area contributed by atoms with E-state index in [1.165, 1.54) is 19.3 Å². The summed E-state index contributed by atoms with van der Waals surface area (Å²) in [5, 5.41) is 0. The Morgan fingerprint density at radius 3 is 2.50 bits per heavy atom. The van der Waals surface area contributed by atoms with Crippen molar-refractivity contribution in [2.24, 2.45) is 5.73 Å². The van der Waals surface area contributed by atoms with Crippen molar-refractivity contribution in [3.05, 3.63) is 18.0 Å². The molecule has 3 N–H and O–H groups in total. The number of aromatic amines is 1. The number of imidazole rings is 1. The summed E-state index contributed by atoms with van der Waals surface area (Å²) in [6, 6.07) is 3.91. The Bertz CT molecular complexity index is 601. The van der Waals surface area contributed by atoms with Crippen molar-refractivity contribution in [1.82, 2.24) is 9.97 Å². The van der Waals surface area contributed by atoms with Crippen LogP contribution in [0.1, 0.15) is 37.9 Å². The summed E-state index contributed by atoms with van der Waals surface area (Å²) in [5.41, 5.74) is 8.11. The van der Waals surface area contributed by atoms with Gasteiger partial charge in [-0.3, -0.25) is 0 Å². The van der Waals surface area contributed by atoms with Gasteiger partial charge in [0.25, 0.3) is 0 Å². The molecular weight excluding hydrogens is 254 g/mol. The molecule has 0 saturated heterocycles. The van der Waals surface area contributed by atoms with Crippen molar-refractivity contribution < 1.29 is 9.47 Å². The predicted octanol–water partition coefficient (Wildman–Crippen LogP) is 2.45. The number of rotatable bonds is 1. The van der Waals surface area contributed by atoms with Gasteiger partial charge >= 0.3 is 0 Å². The largest absolute Gasteiger partial charge is 0.486 e. The lowest BCUT2D eigenvalue weighted by atomic mass is 9.82. The van der Waals surface area contributed by atoms with Gasteiger partial charge in [0, 0.05) is 12.1 Å². The number of nitrogens with two attached hydrogens (primary N) is 1. The van der Waals surface area contributed by atoms with Gasteiger partial charge in [0.2, 0.25) is 0 Å². The van der Waals surface area contributed by atoms with Crippen LogP contribution in [0.4, 0.5) is 0 Å². The highest BCUT2D eigenvalue weighted by atomic mass is 16.6. The van der Waals surface area contributed by atoms with Gasteiger partial charge in [-0.15, -0.1) is 0 Å². The molecule has 1 aromatic heterocycles. The maximum absolute atomic E-state index is 6.54. The highest BCUT2D eigenvalue weighted by Crippen LogP contribution is 2.37. The number of nitrogens with one attached hydrogen (secondary N) is 1. The fourth-order valence-electron chi connectivity index (χ4n) is 3.20. The Labute approximate surface area is 117 Å². The van der Waals surface area contributed by atoms with Crippen LogP contribution in [-0.2, 0) is 5.54 Å². The third-order valence-electron chi connectivity index (χ3n) is 4.36. The van der Waals surface area contributed by atoms with E-state index in [0.717, 1.165) is 41.2 Å². The molecule has 2 heterocycles. The number of benzene rings is 1. The second kappa shape index (κ2) is 4.38. The van der Waals surface area contributed by atoms with Gasteiger partial charge in [-0.2, -0.15) is 0 Å². The molecule has 0 unspecified atom stereocenters. The molecule has 1 fully saturated rings. The highest BCUT2D eigenvalue weighted by Gasteiger charge is 2.32. The van der Waals surface area contributed by atoms with Crippen molar-refractivity contribution in [2.45, 2.75) is 37.6 Å². The normalized spacial score (nSPS) is 21.1. The van der Waals surface area contributed by atoms with Crippen LogP contribution in [0.5, 0.6) is 11.5 Å². The lowest BCUT2D eigenvalue weighted by Crippen LogP contribution is -2.39. The Morgan fingerprint density at radius 1 is 1.05 bits per heavy atom. The first-order chi connectivity index (χ1) is 9.74. The smallest absolute Gasteiger partial charge is 0.163 e. The number of H-pyrrole nitrogens is 1. The molecule has 0 atom stereocenters. The number of aromatic nitrogens is 2. The highest BCUT2D eigenvalue weighted by molar-refractivity contribution is 5.80. The minimum atomic E-state index is -0.306. The first kappa shape index (κ1) is 12.0. The lowest BCUT2D eigenvalue weighted by Gasteiger charge is -2.31. The molecule has 5 nitrogen and oxygen atoms in total. The SMILES string of the molecule is NC1(c2nc3cc4c(cc3[nH]2)OCCO4)CCCCC1. The van der Waals surface area contributed by atoms with Crippen molar-refractivity contribution in [3.8, 4) is 11.5 Å². The molecule has 106 valence electrons. The molecule has 2 aliphatic rings. The molecule has 2 aromatic rings. The topological polar surface area (TPSA) is 73.2 Å². The molecular formula is C15H19N3O2. The minimum absolute atomic E-state index is 0.306. The zero-order valence-corrected chi connectivity index (χ0v) is 11.4. The number of fused-ring (bicyclic) bond motifs is 2. The summed E-state index contributed by atoms with van der Waals surface area (Å²) in [7, 11) is 0. The van der Waals surface area contributed by atoms with Crippen molar-refractivity contribution in [3.63, 3.8) is 0 Å². The molecule has 0 amide bonds. The fourth-order valence-corrected chi connectivity index (χ4v) is 3.20. The Morgan fingerprint density at radius 2 is 1.75 bits per heavy atom. The third-order valence-corrected chi connectivity index (χ3v) is 4.36. The molecule has 1 saturated carbocycles. The van der Waals surface area contributed by atoms with E-state index in [1.54, 1.807) is 0 Å². The molecule has 1 aliphatic heterocycles. The van der Waals surface area contributed by atoms with Crippen LogP contribution < -0.4 is 15.2 Å². The fraction of sp³-hybridized carbons (Fsp3) is 0.533. The summed E-state index contributed by atoms with van der Waals surface area (Å²) in [4.78, 5) is 8.08. The van der Waals surface area contributed by atoms with Crippen molar-refractivity contribution in [1.29, 1.82) is 0 Å². The van der Waals surface area contributed by atoms with Crippen LogP contribution in [0.15, 0.2) is 12.1 Å². The van der Waals surface area contributed by atoms with E-state index >= 15 is 0 Å². The molecule has 1 aromatic carbocycles. The monoisotopic (exact) mass is 273 g/mol. The summed E-state index contributed by atoms with van der Waals surface area (Å²) < 4.78 is 11.2.